The molecule has 0 unspecified atom stereocenters. The summed E-state index contributed by atoms with van der Waals surface area (Å²) < 4.78 is 30.8. The predicted molar refractivity (Wildman–Crippen MR) is 65.9 cm³/mol. The van der Waals surface area contributed by atoms with Crippen molar-refractivity contribution in [2.24, 2.45) is 0 Å². The fourth-order valence-electron chi connectivity index (χ4n) is 1.81. The third-order valence-corrected chi connectivity index (χ3v) is 4.51. The van der Waals surface area contributed by atoms with Crippen LogP contribution in [0.3, 0.4) is 0 Å². The van der Waals surface area contributed by atoms with Crippen LogP contribution in [0.25, 0.3) is 0 Å². The Hall–Kier alpha value is -1.11. The van der Waals surface area contributed by atoms with Gasteiger partial charge in [-0.1, -0.05) is 12.1 Å². The highest BCUT2D eigenvalue weighted by Crippen LogP contribution is 2.14. The largest absolute Gasteiger partial charge is 0.399 e. The maximum atomic E-state index is 12.1. The minimum atomic E-state index is -3.26. The second-order valence-electron chi connectivity index (χ2n) is 4.01. The van der Waals surface area contributed by atoms with Crippen molar-refractivity contribution in [2.45, 2.75) is 5.75 Å². The van der Waals surface area contributed by atoms with Gasteiger partial charge >= 0.3 is 0 Å². The van der Waals surface area contributed by atoms with Gasteiger partial charge in [0.2, 0.25) is 10.0 Å². The number of ether oxygens (including phenoxy) is 1. The van der Waals surface area contributed by atoms with Crippen LogP contribution in [0.1, 0.15) is 5.56 Å². The molecule has 0 atom stereocenters. The maximum Gasteiger partial charge on any atom is 0.218 e. The van der Waals surface area contributed by atoms with Crippen molar-refractivity contribution in [3.05, 3.63) is 29.8 Å². The van der Waals surface area contributed by atoms with Crippen molar-refractivity contribution >= 4 is 15.7 Å². The van der Waals surface area contributed by atoms with E-state index in [0.29, 0.717) is 32.0 Å². The second kappa shape index (κ2) is 5.03. The number of morpholine rings is 1. The third-order valence-electron chi connectivity index (χ3n) is 2.66. The molecule has 0 radical (unpaired) electrons. The highest BCUT2D eigenvalue weighted by molar-refractivity contribution is 7.88. The summed E-state index contributed by atoms with van der Waals surface area (Å²) in [7, 11) is -3.26. The van der Waals surface area contributed by atoms with Crippen molar-refractivity contribution in [3.8, 4) is 0 Å². The number of nitrogen functional groups attached to an aromatic ring is 1. The van der Waals surface area contributed by atoms with Crippen molar-refractivity contribution in [2.75, 3.05) is 32.0 Å². The lowest BCUT2D eigenvalue weighted by Gasteiger charge is -2.26. The van der Waals surface area contributed by atoms with Crippen molar-refractivity contribution in [1.82, 2.24) is 4.31 Å². The quantitative estimate of drug-likeness (QED) is 0.796. The highest BCUT2D eigenvalue weighted by atomic mass is 32.2. The average Bonchev–Trinajstić information content (AvgIpc) is 2.29. The standard InChI is InChI=1S/C11H16N2O3S/c12-11-3-1-2-10(8-11)9-17(14,15)13-4-6-16-7-5-13/h1-3,8H,4-7,9,12H2. The molecule has 1 aromatic rings. The molecule has 1 aliphatic heterocycles. The van der Waals surface area contributed by atoms with Gasteiger partial charge in [-0.25, -0.2) is 8.42 Å². The van der Waals surface area contributed by atoms with Gasteiger partial charge in [-0.2, -0.15) is 4.31 Å². The minimum absolute atomic E-state index is 0.00194. The Bertz CT molecular complexity index is 481. The van der Waals surface area contributed by atoms with Gasteiger partial charge in [-0.15, -0.1) is 0 Å². The molecule has 17 heavy (non-hydrogen) atoms. The molecule has 0 aromatic heterocycles. The molecule has 5 nitrogen and oxygen atoms in total. The number of sulfonamides is 1. The summed E-state index contributed by atoms with van der Waals surface area (Å²) in [4.78, 5) is 0. The molecule has 1 aromatic carbocycles. The molecular formula is C11H16N2O3S. The SMILES string of the molecule is Nc1cccc(CS(=O)(=O)N2CCOCC2)c1. The summed E-state index contributed by atoms with van der Waals surface area (Å²) in [6.07, 6.45) is 0. The molecule has 2 rings (SSSR count). The number of hydrogen-bond donors (Lipinski definition) is 1. The molecule has 0 aliphatic carbocycles. The van der Waals surface area contributed by atoms with E-state index in [2.05, 4.69) is 0 Å². The third kappa shape index (κ3) is 3.18. The van der Waals surface area contributed by atoms with E-state index in [1.165, 1.54) is 4.31 Å². The first-order chi connectivity index (χ1) is 8.08. The van der Waals surface area contributed by atoms with E-state index in [1.54, 1.807) is 24.3 Å². The molecule has 94 valence electrons. The topological polar surface area (TPSA) is 72.6 Å². The number of nitrogens with zero attached hydrogens (tertiary/aromatic N) is 1. The van der Waals surface area contributed by atoms with Crippen LogP contribution in [0.5, 0.6) is 0 Å². The number of nitrogens with two attached hydrogens (primary N) is 1. The molecule has 0 saturated carbocycles. The Morgan fingerprint density at radius 3 is 2.65 bits per heavy atom. The van der Waals surface area contributed by atoms with E-state index in [0.717, 1.165) is 5.56 Å². The first-order valence-corrected chi connectivity index (χ1v) is 7.09. The van der Waals surface area contributed by atoms with E-state index < -0.39 is 10.0 Å². The van der Waals surface area contributed by atoms with Crippen molar-refractivity contribution in [3.63, 3.8) is 0 Å². The molecule has 1 fully saturated rings. The van der Waals surface area contributed by atoms with Gasteiger partial charge in [0, 0.05) is 18.8 Å². The number of hydrogen-bond acceptors (Lipinski definition) is 4. The van der Waals surface area contributed by atoms with Crippen LogP contribution in [0.15, 0.2) is 24.3 Å². The van der Waals surface area contributed by atoms with Gasteiger partial charge in [0.15, 0.2) is 0 Å². The normalized spacial score (nSPS) is 18.1. The van der Waals surface area contributed by atoms with E-state index in [1.807, 2.05) is 0 Å². The van der Waals surface area contributed by atoms with Gasteiger partial charge in [0.25, 0.3) is 0 Å². The summed E-state index contributed by atoms with van der Waals surface area (Å²) in [5.41, 5.74) is 6.93. The lowest BCUT2D eigenvalue weighted by Crippen LogP contribution is -2.41. The fourth-order valence-corrected chi connectivity index (χ4v) is 3.30. The van der Waals surface area contributed by atoms with Gasteiger partial charge < -0.3 is 10.5 Å². The summed E-state index contributed by atoms with van der Waals surface area (Å²) in [6.45, 7) is 1.81. The van der Waals surface area contributed by atoms with Crippen LogP contribution in [-0.2, 0) is 20.5 Å². The van der Waals surface area contributed by atoms with E-state index in [9.17, 15) is 8.42 Å². The molecule has 1 aliphatic rings. The first-order valence-electron chi connectivity index (χ1n) is 5.48. The molecule has 0 amide bonds. The number of rotatable bonds is 3. The summed E-state index contributed by atoms with van der Waals surface area (Å²) in [5, 5.41) is 0. The van der Waals surface area contributed by atoms with Crippen LogP contribution in [0.2, 0.25) is 0 Å². The molecule has 6 heteroatoms. The van der Waals surface area contributed by atoms with Crippen molar-refractivity contribution in [1.29, 1.82) is 0 Å². The van der Waals surface area contributed by atoms with Crippen LogP contribution < -0.4 is 5.73 Å². The summed E-state index contributed by atoms with van der Waals surface area (Å²) >= 11 is 0. The molecule has 2 N–H and O–H groups in total. The van der Waals surface area contributed by atoms with E-state index in [-0.39, 0.29) is 5.75 Å². The van der Waals surface area contributed by atoms with Gasteiger partial charge in [-0.3, -0.25) is 0 Å². The zero-order valence-corrected chi connectivity index (χ0v) is 10.3. The lowest BCUT2D eigenvalue weighted by atomic mass is 10.2. The Morgan fingerprint density at radius 1 is 1.29 bits per heavy atom. The summed E-state index contributed by atoms with van der Waals surface area (Å²) in [6, 6.07) is 6.97. The van der Waals surface area contributed by atoms with E-state index in [4.69, 9.17) is 10.5 Å². The Morgan fingerprint density at radius 2 is 2.00 bits per heavy atom. The average molecular weight is 256 g/mol. The summed E-state index contributed by atoms with van der Waals surface area (Å²) in [5.74, 6) is -0.00194. The van der Waals surface area contributed by atoms with Crippen LogP contribution >= 0.6 is 0 Å². The zero-order valence-electron chi connectivity index (χ0n) is 9.50. The second-order valence-corrected chi connectivity index (χ2v) is 5.98. The lowest BCUT2D eigenvalue weighted by molar-refractivity contribution is 0.0729. The van der Waals surface area contributed by atoms with Crippen molar-refractivity contribution < 1.29 is 13.2 Å². The molecule has 0 bridgehead atoms. The first kappa shape index (κ1) is 12.3. The Labute approximate surface area is 101 Å². The molecular weight excluding hydrogens is 240 g/mol. The number of benzene rings is 1. The highest BCUT2D eigenvalue weighted by Gasteiger charge is 2.24. The Balaban J connectivity index is 2.11. The van der Waals surface area contributed by atoms with Gasteiger partial charge in [0.05, 0.1) is 19.0 Å². The fraction of sp³-hybridized carbons (Fsp3) is 0.455. The molecule has 0 spiro atoms. The minimum Gasteiger partial charge on any atom is -0.399 e. The molecule has 1 saturated heterocycles. The molecule has 1 heterocycles. The van der Waals surface area contributed by atoms with Gasteiger partial charge in [0.1, 0.15) is 0 Å². The smallest absolute Gasteiger partial charge is 0.218 e. The van der Waals surface area contributed by atoms with E-state index >= 15 is 0 Å². The van der Waals surface area contributed by atoms with Crippen LogP contribution in [0, 0.1) is 0 Å². The zero-order chi connectivity index (χ0) is 12.3. The van der Waals surface area contributed by atoms with Crippen LogP contribution in [-0.4, -0.2) is 39.0 Å². The van der Waals surface area contributed by atoms with Gasteiger partial charge in [-0.05, 0) is 17.7 Å². The predicted octanol–water partition coefficient (Wildman–Crippen LogP) is 0.431. The monoisotopic (exact) mass is 256 g/mol. The van der Waals surface area contributed by atoms with Crippen LogP contribution in [0.4, 0.5) is 5.69 Å². The number of anilines is 1. The Kier molecular flexibility index (Phi) is 3.66. The maximum absolute atomic E-state index is 12.1.